The van der Waals surface area contributed by atoms with E-state index in [1.807, 2.05) is 12.1 Å². The van der Waals surface area contributed by atoms with Gasteiger partial charge in [-0.25, -0.2) is 0 Å². The molecule has 0 radical (unpaired) electrons. The van der Waals surface area contributed by atoms with Crippen molar-refractivity contribution in [3.8, 4) is 5.75 Å². The van der Waals surface area contributed by atoms with Crippen LogP contribution in [0.15, 0.2) is 21.1 Å². The summed E-state index contributed by atoms with van der Waals surface area (Å²) in [5, 5.41) is 0. The maximum atomic E-state index is 5.25. The topological polar surface area (TPSA) is 47.3 Å². The van der Waals surface area contributed by atoms with Crippen molar-refractivity contribution < 1.29 is 4.74 Å². The van der Waals surface area contributed by atoms with E-state index < -0.39 is 0 Å². The van der Waals surface area contributed by atoms with Gasteiger partial charge in [0.25, 0.3) is 0 Å². The predicted molar refractivity (Wildman–Crippen MR) is 56.2 cm³/mol. The minimum atomic E-state index is 0.758. The van der Waals surface area contributed by atoms with Crippen molar-refractivity contribution in [3.63, 3.8) is 0 Å². The van der Waals surface area contributed by atoms with E-state index in [0.29, 0.717) is 0 Å². The Kier molecular flexibility index (Phi) is 3.37. The molecule has 0 fully saturated rings. The lowest BCUT2D eigenvalue weighted by Crippen LogP contribution is -2.06. The Morgan fingerprint density at radius 2 is 1.83 bits per heavy atom. The second-order valence-electron chi connectivity index (χ2n) is 2.12. The molecule has 0 aromatic heterocycles. The van der Waals surface area contributed by atoms with Gasteiger partial charge in [-0.3, -0.25) is 5.84 Å². The third-order valence-electron chi connectivity index (χ3n) is 1.37. The molecule has 0 unspecified atom stereocenters. The maximum absolute atomic E-state index is 5.25. The van der Waals surface area contributed by atoms with Gasteiger partial charge >= 0.3 is 0 Å². The third kappa shape index (κ3) is 1.91. The normalized spacial score (nSPS) is 9.67. The standard InChI is InChI=1S/C7H8Br2N2O/c1-12-7-5(8)2-4(11-10)3-6(7)9/h2-3,11H,10H2,1H3. The first-order valence-corrected chi connectivity index (χ1v) is 4.77. The van der Waals surface area contributed by atoms with Gasteiger partial charge in [-0.15, -0.1) is 0 Å². The van der Waals surface area contributed by atoms with Crippen molar-refractivity contribution in [1.29, 1.82) is 0 Å². The lowest BCUT2D eigenvalue weighted by atomic mass is 10.3. The summed E-state index contributed by atoms with van der Waals surface area (Å²) in [4.78, 5) is 0. The molecule has 0 aliphatic carbocycles. The van der Waals surface area contributed by atoms with E-state index in [1.165, 1.54) is 0 Å². The number of hydrogen-bond donors (Lipinski definition) is 2. The molecule has 3 nitrogen and oxygen atoms in total. The van der Waals surface area contributed by atoms with Crippen molar-refractivity contribution in [2.45, 2.75) is 0 Å². The molecule has 0 saturated carbocycles. The van der Waals surface area contributed by atoms with Gasteiger partial charge in [-0.2, -0.15) is 0 Å². The van der Waals surface area contributed by atoms with Gasteiger partial charge < -0.3 is 10.2 Å². The van der Waals surface area contributed by atoms with Gasteiger partial charge in [0, 0.05) is 0 Å². The van der Waals surface area contributed by atoms with E-state index in [2.05, 4.69) is 37.3 Å². The Labute approximate surface area is 87.5 Å². The van der Waals surface area contributed by atoms with E-state index in [0.717, 1.165) is 20.4 Å². The summed E-state index contributed by atoms with van der Waals surface area (Å²) in [6.45, 7) is 0. The number of rotatable bonds is 2. The number of nitrogens with two attached hydrogens (primary N) is 1. The molecule has 1 aromatic rings. The first-order valence-electron chi connectivity index (χ1n) is 3.18. The Morgan fingerprint density at radius 1 is 1.33 bits per heavy atom. The van der Waals surface area contributed by atoms with Crippen molar-refractivity contribution in [1.82, 2.24) is 0 Å². The number of halogens is 2. The molecule has 0 aliphatic heterocycles. The number of methoxy groups -OCH3 is 1. The van der Waals surface area contributed by atoms with E-state index in [9.17, 15) is 0 Å². The highest BCUT2D eigenvalue weighted by molar-refractivity contribution is 9.11. The van der Waals surface area contributed by atoms with Crippen molar-refractivity contribution >= 4 is 37.5 Å². The Hall–Kier alpha value is -0.260. The molecule has 3 N–H and O–H groups in total. The van der Waals surface area contributed by atoms with Crippen LogP contribution in [0.3, 0.4) is 0 Å². The molecular weight excluding hydrogens is 288 g/mol. The summed E-state index contributed by atoms with van der Waals surface area (Å²) in [6.07, 6.45) is 0. The molecule has 0 bridgehead atoms. The van der Waals surface area contributed by atoms with Gasteiger partial charge in [-0.1, -0.05) is 0 Å². The van der Waals surface area contributed by atoms with Crippen LogP contribution >= 0.6 is 31.9 Å². The van der Waals surface area contributed by atoms with E-state index >= 15 is 0 Å². The van der Waals surface area contributed by atoms with Gasteiger partial charge in [0.1, 0.15) is 5.75 Å². The molecule has 12 heavy (non-hydrogen) atoms. The summed E-state index contributed by atoms with van der Waals surface area (Å²) in [5.74, 6) is 6.00. The third-order valence-corrected chi connectivity index (χ3v) is 2.55. The number of hydrogen-bond acceptors (Lipinski definition) is 3. The zero-order valence-corrected chi connectivity index (χ0v) is 9.57. The van der Waals surface area contributed by atoms with E-state index in [1.54, 1.807) is 7.11 Å². The lowest BCUT2D eigenvalue weighted by molar-refractivity contribution is 0.409. The summed E-state index contributed by atoms with van der Waals surface area (Å²) in [6, 6.07) is 3.67. The van der Waals surface area contributed by atoms with E-state index in [4.69, 9.17) is 10.6 Å². The average molecular weight is 296 g/mol. The molecular formula is C7H8Br2N2O. The number of nitrogens with one attached hydrogen (secondary N) is 1. The van der Waals surface area contributed by atoms with Crippen molar-refractivity contribution in [2.75, 3.05) is 12.5 Å². The summed E-state index contributed by atoms with van der Waals surface area (Å²) < 4.78 is 6.82. The first-order chi connectivity index (χ1) is 5.69. The number of hydrazine groups is 1. The highest BCUT2D eigenvalue weighted by Crippen LogP contribution is 2.35. The van der Waals surface area contributed by atoms with Crippen LogP contribution in [0.25, 0.3) is 0 Å². The minimum absolute atomic E-state index is 0.758. The summed E-state index contributed by atoms with van der Waals surface area (Å²) in [5.41, 5.74) is 3.36. The largest absolute Gasteiger partial charge is 0.494 e. The Balaban J connectivity index is 3.18. The molecule has 0 atom stereocenters. The first kappa shape index (κ1) is 9.83. The van der Waals surface area contributed by atoms with Gasteiger partial charge in [0.2, 0.25) is 0 Å². The molecule has 1 rings (SSSR count). The van der Waals surface area contributed by atoms with Crippen LogP contribution in [0.4, 0.5) is 5.69 Å². The van der Waals surface area contributed by atoms with Crippen LogP contribution in [-0.2, 0) is 0 Å². The molecule has 0 spiro atoms. The van der Waals surface area contributed by atoms with Crippen LogP contribution in [0, 0.1) is 0 Å². The second-order valence-corrected chi connectivity index (χ2v) is 3.83. The van der Waals surface area contributed by atoms with Gasteiger partial charge in [-0.05, 0) is 44.0 Å². The van der Waals surface area contributed by atoms with Gasteiger partial charge in [0.05, 0.1) is 21.7 Å². The SMILES string of the molecule is COc1c(Br)cc(NN)cc1Br. The number of nitrogen functional groups attached to an aromatic ring is 1. The fourth-order valence-corrected chi connectivity index (χ4v) is 2.35. The highest BCUT2D eigenvalue weighted by atomic mass is 79.9. The van der Waals surface area contributed by atoms with Crippen LogP contribution in [0.2, 0.25) is 0 Å². The van der Waals surface area contributed by atoms with Crippen molar-refractivity contribution in [3.05, 3.63) is 21.1 Å². The quantitative estimate of drug-likeness (QED) is 0.651. The van der Waals surface area contributed by atoms with Crippen LogP contribution in [-0.4, -0.2) is 7.11 Å². The molecule has 0 amide bonds. The highest BCUT2D eigenvalue weighted by Gasteiger charge is 2.06. The lowest BCUT2D eigenvalue weighted by Gasteiger charge is -2.08. The fraction of sp³-hybridized carbons (Fsp3) is 0.143. The summed E-state index contributed by atoms with van der Waals surface area (Å²) in [7, 11) is 1.61. The van der Waals surface area contributed by atoms with Crippen molar-refractivity contribution in [2.24, 2.45) is 5.84 Å². The van der Waals surface area contributed by atoms with Crippen LogP contribution in [0.5, 0.6) is 5.75 Å². The molecule has 66 valence electrons. The number of benzene rings is 1. The molecule has 5 heteroatoms. The van der Waals surface area contributed by atoms with Crippen LogP contribution in [0.1, 0.15) is 0 Å². The Bertz CT molecular complexity index is 268. The molecule has 0 heterocycles. The molecule has 0 aliphatic rings. The average Bonchev–Trinajstić information content (AvgIpc) is 2.03. The fourth-order valence-electron chi connectivity index (χ4n) is 0.838. The zero-order valence-electron chi connectivity index (χ0n) is 6.40. The Morgan fingerprint density at radius 3 is 2.17 bits per heavy atom. The smallest absolute Gasteiger partial charge is 0.147 e. The maximum Gasteiger partial charge on any atom is 0.147 e. The van der Waals surface area contributed by atoms with Gasteiger partial charge in [0.15, 0.2) is 0 Å². The van der Waals surface area contributed by atoms with E-state index in [-0.39, 0.29) is 0 Å². The number of ether oxygens (including phenoxy) is 1. The molecule has 0 saturated heterocycles. The second kappa shape index (κ2) is 4.11. The monoisotopic (exact) mass is 294 g/mol. The van der Waals surface area contributed by atoms with Crippen LogP contribution < -0.4 is 16.0 Å². The number of anilines is 1. The minimum Gasteiger partial charge on any atom is -0.494 e. The molecule has 1 aromatic carbocycles. The predicted octanol–water partition coefficient (Wildman–Crippen LogP) is 2.51. The zero-order chi connectivity index (χ0) is 9.14. The summed E-state index contributed by atoms with van der Waals surface area (Å²) >= 11 is 6.70.